The van der Waals surface area contributed by atoms with E-state index in [1.807, 2.05) is 25.2 Å². The SMILES string of the molecule is CCCCC[C@@](C)(O)/C=C/C1=C(C/C=C\CCCCCC(=O)O)C(=O)CC1. The van der Waals surface area contributed by atoms with Crippen LogP contribution in [0.15, 0.2) is 35.5 Å². The molecular weight excluding hydrogens is 340 g/mol. The van der Waals surface area contributed by atoms with Crippen LogP contribution in [0.1, 0.15) is 90.9 Å². The van der Waals surface area contributed by atoms with Crippen molar-refractivity contribution in [1.29, 1.82) is 0 Å². The van der Waals surface area contributed by atoms with Gasteiger partial charge in [-0.05, 0) is 51.0 Å². The average Bonchev–Trinajstić information content (AvgIpc) is 2.95. The average molecular weight is 377 g/mol. The van der Waals surface area contributed by atoms with Gasteiger partial charge < -0.3 is 10.2 Å². The van der Waals surface area contributed by atoms with E-state index in [9.17, 15) is 14.7 Å². The second-order valence-electron chi connectivity index (χ2n) is 7.74. The number of carboxylic acids is 1. The predicted molar refractivity (Wildman–Crippen MR) is 110 cm³/mol. The summed E-state index contributed by atoms with van der Waals surface area (Å²) in [7, 11) is 0. The van der Waals surface area contributed by atoms with Crippen molar-refractivity contribution in [1.82, 2.24) is 0 Å². The van der Waals surface area contributed by atoms with Crippen LogP contribution in [-0.4, -0.2) is 27.6 Å². The Morgan fingerprint density at radius 2 is 1.89 bits per heavy atom. The molecule has 0 fully saturated rings. The van der Waals surface area contributed by atoms with Crippen LogP contribution in [0, 0.1) is 0 Å². The number of aliphatic hydroxyl groups is 1. The quantitative estimate of drug-likeness (QED) is 0.309. The molecule has 4 heteroatoms. The van der Waals surface area contributed by atoms with Gasteiger partial charge in [0.15, 0.2) is 5.78 Å². The molecule has 1 aliphatic carbocycles. The van der Waals surface area contributed by atoms with E-state index in [2.05, 4.69) is 13.0 Å². The maximum Gasteiger partial charge on any atom is 0.303 e. The van der Waals surface area contributed by atoms with Gasteiger partial charge >= 0.3 is 5.97 Å². The van der Waals surface area contributed by atoms with Gasteiger partial charge in [-0.2, -0.15) is 0 Å². The van der Waals surface area contributed by atoms with Crippen LogP contribution in [0.3, 0.4) is 0 Å². The van der Waals surface area contributed by atoms with E-state index in [-0.39, 0.29) is 12.2 Å². The highest BCUT2D eigenvalue weighted by Gasteiger charge is 2.21. The van der Waals surface area contributed by atoms with E-state index >= 15 is 0 Å². The first-order valence-corrected chi connectivity index (χ1v) is 10.4. The van der Waals surface area contributed by atoms with Gasteiger partial charge in [0.1, 0.15) is 0 Å². The van der Waals surface area contributed by atoms with Gasteiger partial charge in [0.2, 0.25) is 0 Å². The van der Waals surface area contributed by atoms with Crippen molar-refractivity contribution in [2.75, 3.05) is 0 Å². The molecule has 0 radical (unpaired) electrons. The van der Waals surface area contributed by atoms with E-state index in [0.29, 0.717) is 12.8 Å². The van der Waals surface area contributed by atoms with Crippen molar-refractivity contribution in [2.45, 2.75) is 96.5 Å². The summed E-state index contributed by atoms with van der Waals surface area (Å²) in [5.41, 5.74) is 1.12. The lowest BCUT2D eigenvalue weighted by molar-refractivity contribution is -0.137. The highest BCUT2D eigenvalue weighted by Crippen LogP contribution is 2.28. The number of hydrogen-bond donors (Lipinski definition) is 2. The summed E-state index contributed by atoms with van der Waals surface area (Å²) in [5.74, 6) is -0.520. The van der Waals surface area contributed by atoms with Crippen molar-refractivity contribution in [3.63, 3.8) is 0 Å². The van der Waals surface area contributed by atoms with Gasteiger partial charge in [-0.3, -0.25) is 9.59 Å². The van der Waals surface area contributed by atoms with Gasteiger partial charge in [-0.15, -0.1) is 0 Å². The van der Waals surface area contributed by atoms with E-state index in [4.69, 9.17) is 5.11 Å². The Bertz CT molecular complexity index is 567. The zero-order valence-electron chi connectivity index (χ0n) is 17.0. The van der Waals surface area contributed by atoms with Crippen LogP contribution in [0.4, 0.5) is 0 Å². The Kier molecular flexibility index (Phi) is 11.0. The topological polar surface area (TPSA) is 74.6 Å². The summed E-state index contributed by atoms with van der Waals surface area (Å²) in [5, 5.41) is 19.1. The molecule has 0 saturated carbocycles. The Morgan fingerprint density at radius 3 is 2.59 bits per heavy atom. The summed E-state index contributed by atoms with van der Waals surface area (Å²) in [6.45, 7) is 3.98. The van der Waals surface area contributed by atoms with Crippen molar-refractivity contribution in [3.05, 3.63) is 35.5 Å². The van der Waals surface area contributed by atoms with E-state index < -0.39 is 11.6 Å². The van der Waals surface area contributed by atoms with Crippen LogP contribution >= 0.6 is 0 Å². The molecule has 0 bridgehead atoms. The Hall–Kier alpha value is -1.68. The summed E-state index contributed by atoms with van der Waals surface area (Å²) in [6, 6.07) is 0. The molecule has 0 amide bonds. The minimum Gasteiger partial charge on any atom is -0.481 e. The number of carbonyl (C=O) groups is 2. The van der Waals surface area contributed by atoms with Crippen LogP contribution in [0.5, 0.6) is 0 Å². The third kappa shape index (κ3) is 10.3. The number of rotatable bonds is 14. The molecule has 2 N–H and O–H groups in total. The second-order valence-corrected chi connectivity index (χ2v) is 7.74. The van der Waals surface area contributed by atoms with Crippen molar-refractivity contribution >= 4 is 11.8 Å². The summed E-state index contributed by atoms with van der Waals surface area (Å²) in [6.07, 6.45) is 17.7. The molecule has 1 aliphatic rings. The minimum absolute atomic E-state index is 0.214. The molecule has 0 heterocycles. The Labute approximate surface area is 164 Å². The highest BCUT2D eigenvalue weighted by atomic mass is 16.4. The normalized spacial score (nSPS) is 17.4. The molecule has 4 nitrogen and oxygen atoms in total. The molecule has 0 aliphatic heterocycles. The highest BCUT2D eigenvalue weighted by molar-refractivity contribution is 5.99. The number of aliphatic carboxylic acids is 1. The van der Waals surface area contributed by atoms with Crippen molar-refractivity contribution in [2.24, 2.45) is 0 Å². The zero-order valence-corrected chi connectivity index (χ0v) is 17.0. The molecule has 0 aromatic heterocycles. The fraction of sp³-hybridized carbons (Fsp3) is 0.652. The van der Waals surface area contributed by atoms with Crippen LogP contribution < -0.4 is 0 Å². The molecule has 0 saturated heterocycles. The smallest absolute Gasteiger partial charge is 0.303 e. The van der Waals surface area contributed by atoms with Gasteiger partial charge in [-0.1, -0.05) is 56.9 Å². The molecule has 0 spiro atoms. The summed E-state index contributed by atoms with van der Waals surface area (Å²) in [4.78, 5) is 22.6. The lowest BCUT2D eigenvalue weighted by Gasteiger charge is -2.18. The first-order chi connectivity index (χ1) is 12.9. The molecule has 0 aromatic rings. The van der Waals surface area contributed by atoms with Crippen LogP contribution in [0.25, 0.3) is 0 Å². The molecule has 1 rings (SSSR count). The van der Waals surface area contributed by atoms with Crippen molar-refractivity contribution in [3.8, 4) is 0 Å². The monoisotopic (exact) mass is 376 g/mol. The number of hydrogen-bond acceptors (Lipinski definition) is 3. The molecule has 152 valence electrons. The summed E-state index contributed by atoms with van der Waals surface area (Å²) < 4.78 is 0. The van der Waals surface area contributed by atoms with Gasteiger partial charge in [-0.25, -0.2) is 0 Å². The lowest BCUT2D eigenvalue weighted by Crippen LogP contribution is -2.20. The summed E-state index contributed by atoms with van der Waals surface area (Å²) >= 11 is 0. The second kappa shape index (κ2) is 12.7. The molecule has 0 unspecified atom stereocenters. The predicted octanol–water partition coefficient (Wildman–Crippen LogP) is 5.51. The zero-order chi connectivity index (χ0) is 20.1. The maximum absolute atomic E-state index is 12.1. The third-order valence-corrected chi connectivity index (χ3v) is 5.03. The van der Waals surface area contributed by atoms with E-state index in [1.54, 1.807) is 0 Å². The van der Waals surface area contributed by atoms with Crippen LogP contribution in [-0.2, 0) is 9.59 Å². The molecule has 1 atom stereocenters. The fourth-order valence-electron chi connectivity index (χ4n) is 3.29. The molecular formula is C23H36O4. The number of Topliss-reactive ketones (excluding diaryl/α,β-unsaturated/α-hetero) is 1. The fourth-order valence-corrected chi connectivity index (χ4v) is 3.29. The number of allylic oxidation sites excluding steroid dienone is 5. The maximum atomic E-state index is 12.1. The molecule has 27 heavy (non-hydrogen) atoms. The molecule has 0 aromatic carbocycles. The number of unbranched alkanes of at least 4 members (excludes halogenated alkanes) is 5. The van der Waals surface area contributed by atoms with E-state index in [0.717, 1.165) is 68.9 Å². The third-order valence-electron chi connectivity index (χ3n) is 5.03. The Balaban J connectivity index is 2.48. The number of carbonyl (C=O) groups excluding carboxylic acids is 1. The van der Waals surface area contributed by atoms with Crippen LogP contribution in [0.2, 0.25) is 0 Å². The number of carboxylic acid groups (broad SMARTS) is 1. The van der Waals surface area contributed by atoms with Gasteiger partial charge in [0, 0.05) is 18.4 Å². The minimum atomic E-state index is -0.815. The van der Waals surface area contributed by atoms with Gasteiger partial charge in [0.05, 0.1) is 5.60 Å². The van der Waals surface area contributed by atoms with Crippen molar-refractivity contribution < 1.29 is 19.8 Å². The Morgan fingerprint density at radius 1 is 1.11 bits per heavy atom. The standard InChI is InChI=1S/C23H36O4/c1-3-4-11-17-23(2,27)18-16-19-14-15-21(24)20(19)12-9-7-5-6-8-10-13-22(25)26/h7,9,16,18,27H,3-6,8,10-15,17H2,1-2H3,(H,25,26)/b9-7-,18-16+/t23-/m1/s1. The van der Waals surface area contributed by atoms with E-state index in [1.165, 1.54) is 0 Å². The largest absolute Gasteiger partial charge is 0.481 e. The number of ketones is 1. The van der Waals surface area contributed by atoms with Gasteiger partial charge in [0.25, 0.3) is 0 Å². The first-order valence-electron chi connectivity index (χ1n) is 10.4. The lowest BCUT2D eigenvalue weighted by atomic mass is 9.96. The first kappa shape index (κ1) is 23.4.